The van der Waals surface area contributed by atoms with Crippen LogP contribution in [0, 0.1) is 17.8 Å². The fourth-order valence-electron chi connectivity index (χ4n) is 4.73. The zero-order chi connectivity index (χ0) is 24.9. The fraction of sp³-hybridized carbons (Fsp3) is 0.333. The molecular formula is C30H34N6. The van der Waals surface area contributed by atoms with Gasteiger partial charge in [-0.1, -0.05) is 56.9 Å². The van der Waals surface area contributed by atoms with Gasteiger partial charge in [0.15, 0.2) is 0 Å². The number of aromatic amines is 2. The van der Waals surface area contributed by atoms with E-state index in [1.165, 1.54) is 0 Å². The van der Waals surface area contributed by atoms with Gasteiger partial charge in [-0.05, 0) is 67.2 Å². The summed E-state index contributed by atoms with van der Waals surface area (Å²) in [5.41, 5.74) is 6.26. The van der Waals surface area contributed by atoms with Crippen molar-refractivity contribution in [3.8, 4) is 34.4 Å². The summed E-state index contributed by atoms with van der Waals surface area (Å²) >= 11 is 0. The van der Waals surface area contributed by atoms with E-state index in [1.807, 2.05) is 12.4 Å². The quantitative estimate of drug-likeness (QED) is 0.261. The molecule has 4 N–H and O–H groups in total. The molecule has 6 nitrogen and oxygen atoms in total. The SMILES string of the molecule is CCNC(CC)c1ncc(-c2ccc(C#Cc3ccc(-c4cnc(C5CC(C)CN5)[nH]4)cc3)cc2)[nH]1. The highest BCUT2D eigenvalue weighted by molar-refractivity contribution is 5.62. The lowest BCUT2D eigenvalue weighted by atomic mass is 10.1. The lowest BCUT2D eigenvalue weighted by Crippen LogP contribution is -2.21. The second-order valence-corrected chi connectivity index (χ2v) is 9.59. The van der Waals surface area contributed by atoms with Gasteiger partial charge in [-0.25, -0.2) is 9.97 Å². The van der Waals surface area contributed by atoms with E-state index in [4.69, 9.17) is 0 Å². The van der Waals surface area contributed by atoms with E-state index in [0.29, 0.717) is 12.0 Å². The molecule has 36 heavy (non-hydrogen) atoms. The smallest absolute Gasteiger partial charge is 0.123 e. The van der Waals surface area contributed by atoms with Crippen molar-refractivity contribution in [1.82, 2.24) is 30.6 Å². The van der Waals surface area contributed by atoms with Gasteiger partial charge >= 0.3 is 0 Å². The Morgan fingerprint density at radius 2 is 1.50 bits per heavy atom. The summed E-state index contributed by atoms with van der Waals surface area (Å²) in [6, 6.07) is 17.2. The van der Waals surface area contributed by atoms with Crippen LogP contribution >= 0.6 is 0 Å². The van der Waals surface area contributed by atoms with Crippen LogP contribution in [0.1, 0.15) is 68.5 Å². The average molecular weight is 479 g/mol. The zero-order valence-corrected chi connectivity index (χ0v) is 21.2. The van der Waals surface area contributed by atoms with Gasteiger partial charge in [0, 0.05) is 11.1 Å². The second-order valence-electron chi connectivity index (χ2n) is 9.59. The fourth-order valence-corrected chi connectivity index (χ4v) is 4.73. The zero-order valence-electron chi connectivity index (χ0n) is 21.2. The number of rotatable bonds is 7. The molecular weight excluding hydrogens is 444 g/mol. The molecule has 1 fully saturated rings. The third kappa shape index (κ3) is 5.43. The predicted molar refractivity (Wildman–Crippen MR) is 145 cm³/mol. The predicted octanol–water partition coefficient (Wildman–Crippen LogP) is 5.60. The van der Waals surface area contributed by atoms with E-state index >= 15 is 0 Å². The van der Waals surface area contributed by atoms with Crippen molar-refractivity contribution in [1.29, 1.82) is 0 Å². The van der Waals surface area contributed by atoms with E-state index in [1.54, 1.807) is 0 Å². The van der Waals surface area contributed by atoms with Gasteiger partial charge < -0.3 is 20.6 Å². The van der Waals surface area contributed by atoms with Crippen molar-refractivity contribution >= 4 is 0 Å². The molecule has 1 saturated heterocycles. The maximum absolute atomic E-state index is 4.60. The minimum atomic E-state index is 0.253. The Morgan fingerprint density at radius 3 is 2.06 bits per heavy atom. The molecule has 4 aromatic rings. The number of H-pyrrole nitrogens is 2. The molecule has 0 spiro atoms. The number of imidazole rings is 2. The van der Waals surface area contributed by atoms with E-state index < -0.39 is 0 Å². The number of hydrogen-bond donors (Lipinski definition) is 4. The molecule has 0 bridgehead atoms. The van der Waals surface area contributed by atoms with Crippen molar-refractivity contribution in [2.45, 2.75) is 45.7 Å². The molecule has 0 saturated carbocycles. The lowest BCUT2D eigenvalue weighted by molar-refractivity contribution is 0.515. The number of hydrogen-bond acceptors (Lipinski definition) is 4. The van der Waals surface area contributed by atoms with Crippen molar-refractivity contribution in [3.05, 3.63) is 83.7 Å². The Bertz CT molecular complexity index is 1250. The Balaban J connectivity index is 1.23. The standard InChI is InChI=1S/C30H34N6/c1-4-25(31-5-2)29-33-18-27(35-29)23-12-8-21(9-13-23)6-7-22-10-14-24(15-11-22)28-19-34-30(36-28)26-16-20(3)17-32-26/h8-15,18-20,25-26,31-32H,4-5,16-17H2,1-3H3,(H,33,35)(H,34,36). The van der Waals surface area contributed by atoms with Gasteiger partial charge in [0.1, 0.15) is 11.6 Å². The summed E-state index contributed by atoms with van der Waals surface area (Å²) in [7, 11) is 0. The monoisotopic (exact) mass is 478 g/mol. The number of aromatic nitrogens is 4. The first-order valence-electron chi connectivity index (χ1n) is 12.9. The molecule has 0 aliphatic carbocycles. The molecule has 1 aliphatic rings. The molecule has 1 aliphatic heterocycles. The third-order valence-electron chi connectivity index (χ3n) is 6.80. The second kappa shape index (κ2) is 10.9. The van der Waals surface area contributed by atoms with Crippen LogP contribution in [0.25, 0.3) is 22.5 Å². The molecule has 2 aromatic heterocycles. The van der Waals surface area contributed by atoms with Crippen LogP contribution in [0.3, 0.4) is 0 Å². The molecule has 5 rings (SSSR count). The molecule has 2 aromatic carbocycles. The first-order valence-corrected chi connectivity index (χ1v) is 12.9. The van der Waals surface area contributed by atoms with E-state index in [9.17, 15) is 0 Å². The third-order valence-corrected chi connectivity index (χ3v) is 6.80. The lowest BCUT2D eigenvalue weighted by Gasteiger charge is -2.12. The van der Waals surface area contributed by atoms with Gasteiger partial charge in [-0.3, -0.25) is 0 Å². The maximum Gasteiger partial charge on any atom is 0.123 e. The summed E-state index contributed by atoms with van der Waals surface area (Å²) in [4.78, 5) is 16.1. The molecule has 3 atom stereocenters. The highest BCUT2D eigenvalue weighted by atomic mass is 15.0. The Hall–Kier alpha value is -3.66. The molecule has 0 radical (unpaired) electrons. The van der Waals surface area contributed by atoms with Crippen LogP contribution in [0.15, 0.2) is 60.9 Å². The molecule has 0 amide bonds. The molecule has 3 unspecified atom stereocenters. The molecule has 3 heterocycles. The summed E-state index contributed by atoms with van der Waals surface area (Å²) in [6.07, 6.45) is 5.95. The summed E-state index contributed by atoms with van der Waals surface area (Å²) in [5.74, 6) is 9.26. The average Bonchev–Trinajstić information content (AvgIpc) is 3.68. The summed E-state index contributed by atoms with van der Waals surface area (Å²) in [5, 5.41) is 7.00. The molecule has 184 valence electrons. The normalized spacial score (nSPS) is 18.1. The van der Waals surface area contributed by atoms with Crippen molar-refractivity contribution < 1.29 is 0 Å². The van der Waals surface area contributed by atoms with Crippen LogP contribution in [0.4, 0.5) is 0 Å². The minimum absolute atomic E-state index is 0.253. The Kier molecular flexibility index (Phi) is 7.31. The van der Waals surface area contributed by atoms with Crippen LogP contribution in [-0.4, -0.2) is 33.0 Å². The van der Waals surface area contributed by atoms with Gasteiger partial charge in [0.05, 0.1) is 35.9 Å². The van der Waals surface area contributed by atoms with Crippen LogP contribution < -0.4 is 10.6 Å². The van der Waals surface area contributed by atoms with Crippen LogP contribution in [0.2, 0.25) is 0 Å². The largest absolute Gasteiger partial charge is 0.341 e. The van der Waals surface area contributed by atoms with E-state index in [-0.39, 0.29) is 6.04 Å². The van der Waals surface area contributed by atoms with E-state index in [2.05, 4.69) is 112 Å². The first kappa shape index (κ1) is 24.1. The highest BCUT2D eigenvalue weighted by Crippen LogP contribution is 2.27. The summed E-state index contributed by atoms with van der Waals surface area (Å²) < 4.78 is 0. The first-order chi connectivity index (χ1) is 17.6. The minimum Gasteiger partial charge on any atom is -0.341 e. The van der Waals surface area contributed by atoms with Crippen LogP contribution in [-0.2, 0) is 0 Å². The van der Waals surface area contributed by atoms with Gasteiger partial charge in [-0.2, -0.15) is 0 Å². The number of nitrogens with one attached hydrogen (secondary N) is 4. The Labute approximate surface area is 213 Å². The number of benzene rings is 2. The van der Waals surface area contributed by atoms with Gasteiger partial charge in [0.25, 0.3) is 0 Å². The van der Waals surface area contributed by atoms with Crippen LogP contribution in [0.5, 0.6) is 0 Å². The van der Waals surface area contributed by atoms with Gasteiger partial charge in [0.2, 0.25) is 0 Å². The maximum atomic E-state index is 4.60. The highest BCUT2D eigenvalue weighted by Gasteiger charge is 2.24. The van der Waals surface area contributed by atoms with E-state index in [0.717, 1.165) is 71.2 Å². The van der Waals surface area contributed by atoms with Crippen molar-refractivity contribution in [2.75, 3.05) is 13.1 Å². The molecule has 6 heteroatoms. The number of nitrogens with zero attached hydrogens (tertiary/aromatic N) is 2. The summed E-state index contributed by atoms with van der Waals surface area (Å²) in [6.45, 7) is 8.53. The van der Waals surface area contributed by atoms with Gasteiger partial charge in [-0.15, -0.1) is 0 Å². The van der Waals surface area contributed by atoms with Crippen molar-refractivity contribution in [2.24, 2.45) is 5.92 Å². The van der Waals surface area contributed by atoms with Crippen molar-refractivity contribution in [3.63, 3.8) is 0 Å². The Morgan fingerprint density at radius 1 is 0.889 bits per heavy atom. The topological polar surface area (TPSA) is 81.4 Å².